The van der Waals surface area contributed by atoms with E-state index in [1.54, 1.807) is 11.3 Å². The monoisotopic (exact) mass is 397 g/mol. The van der Waals surface area contributed by atoms with E-state index in [4.69, 9.17) is 0 Å². The zero-order chi connectivity index (χ0) is 19.5. The Balaban J connectivity index is 1.28. The zero-order valence-electron chi connectivity index (χ0n) is 16.3. The van der Waals surface area contributed by atoms with Crippen molar-refractivity contribution in [1.29, 1.82) is 0 Å². The molecule has 4 rings (SSSR count). The number of para-hydroxylation sites is 1. The van der Waals surface area contributed by atoms with Crippen molar-refractivity contribution in [2.75, 3.05) is 38.0 Å². The Morgan fingerprint density at radius 1 is 1.14 bits per heavy atom. The number of hydrogen-bond acceptors (Lipinski definition) is 4. The van der Waals surface area contributed by atoms with Crippen LogP contribution in [0.2, 0.25) is 0 Å². The summed E-state index contributed by atoms with van der Waals surface area (Å²) in [5.41, 5.74) is 2.20. The summed E-state index contributed by atoms with van der Waals surface area (Å²) in [4.78, 5) is 31.5. The van der Waals surface area contributed by atoms with Crippen LogP contribution in [0.5, 0.6) is 0 Å². The highest BCUT2D eigenvalue weighted by atomic mass is 32.1. The van der Waals surface area contributed by atoms with Crippen molar-refractivity contribution in [2.45, 2.75) is 26.2 Å². The van der Waals surface area contributed by atoms with Crippen LogP contribution in [0.3, 0.4) is 0 Å². The van der Waals surface area contributed by atoms with Gasteiger partial charge in [0.1, 0.15) is 0 Å². The third kappa shape index (κ3) is 4.45. The fourth-order valence-corrected chi connectivity index (χ4v) is 5.18. The maximum absolute atomic E-state index is 12.9. The predicted octanol–water partition coefficient (Wildman–Crippen LogP) is 3.27. The van der Waals surface area contributed by atoms with Gasteiger partial charge in [0.05, 0.1) is 11.4 Å². The summed E-state index contributed by atoms with van der Waals surface area (Å²) in [7, 11) is 0. The second-order valence-electron chi connectivity index (χ2n) is 7.89. The molecule has 5 nitrogen and oxygen atoms in total. The number of hydrogen-bond donors (Lipinski definition) is 1. The van der Waals surface area contributed by atoms with E-state index in [-0.39, 0.29) is 11.8 Å². The van der Waals surface area contributed by atoms with Crippen LogP contribution in [0, 0.1) is 5.92 Å². The number of rotatable bonds is 4. The molecule has 1 N–H and O–H groups in total. The number of fused-ring (bicyclic) bond motifs is 1. The van der Waals surface area contributed by atoms with Gasteiger partial charge in [0.25, 0.3) is 5.91 Å². The third-order valence-corrected chi connectivity index (χ3v) is 6.85. The number of nitrogens with one attached hydrogen (secondary N) is 1. The Hall–Kier alpha value is -2.18. The van der Waals surface area contributed by atoms with Crippen molar-refractivity contribution >= 4 is 28.8 Å². The van der Waals surface area contributed by atoms with Crippen LogP contribution in [-0.4, -0.2) is 54.3 Å². The van der Waals surface area contributed by atoms with Gasteiger partial charge in [-0.2, -0.15) is 0 Å². The van der Waals surface area contributed by atoms with E-state index in [9.17, 15) is 9.59 Å². The van der Waals surface area contributed by atoms with E-state index >= 15 is 0 Å². The minimum atomic E-state index is -0.00831. The Labute approximate surface area is 170 Å². The fourth-order valence-electron chi connectivity index (χ4n) is 4.00. The largest absolute Gasteiger partial charge is 0.335 e. The molecule has 1 unspecified atom stereocenters. The molecule has 148 valence electrons. The van der Waals surface area contributed by atoms with Gasteiger partial charge in [-0.1, -0.05) is 25.1 Å². The first kappa shape index (κ1) is 19.2. The summed E-state index contributed by atoms with van der Waals surface area (Å²) in [6.45, 7) is 5.47. The predicted molar refractivity (Wildman–Crippen MR) is 113 cm³/mol. The van der Waals surface area contributed by atoms with Crippen LogP contribution in [0.15, 0.2) is 36.4 Å². The number of aryl methyl sites for hydroxylation is 1. The maximum atomic E-state index is 12.9. The molecule has 2 aliphatic rings. The molecule has 2 heterocycles. The molecular formula is C22H27N3O2S. The van der Waals surface area contributed by atoms with Gasteiger partial charge in [-0.05, 0) is 48.9 Å². The molecule has 1 fully saturated rings. The molecule has 1 aromatic carbocycles. The number of amides is 2. The van der Waals surface area contributed by atoms with Gasteiger partial charge >= 0.3 is 0 Å². The summed E-state index contributed by atoms with van der Waals surface area (Å²) < 4.78 is 0. The highest BCUT2D eigenvalue weighted by Crippen LogP contribution is 2.32. The second kappa shape index (κ2) is 8.45. The number of benzene rings is 1. The number of thiophene rings is 1. The topological polar surface area (TPSA) is 52.7 Å². The molecule has 28 heavy (non-hydrogen) atoms. The lowest BCUT2D eigenvalue weighted by atomic mass is 9.90. The number of carbonyl (C=O) groups is 2. The molecule has 2 amide bonds. The minimum absolute atomic E-state index is 0.00831. The van der Waals surface area contributed by atoms with Crippen molar-refractivity contribution < 1.29 is 9.59 Å². The summed E-state index contributed by atoms with van der Waals surface area (Å²) in [5, 5.41) is 2.92. The molecule has 6 heteroatoms. The van der Waals surface area contributed by atoms with E-state index in [1.165, 1.54) is 16.9 Å². The number of anilines is 1. The molecule has 1 saturated heterocycles. The van der Waals surface area contributed by atoms with Crippen LogP contribution in [0.4, 0.5) is 5.69 Å². The van der Waals surface area contributed by atoms with Gasteiger partial charge in [0.15, 0.2) is 0 Å². The van der Waals surface area contributed by atoms with E-state index in [1.807, 2.05) is 35.2 Å². The third-order valence-electron chi connectivity index (χ3n) is 5.62. The van der Waals surface area contributed by atoms with Crippen LogP contribution < -0.4 is 5.32 Å². The molecule has 2 aromatic rings. The first-order chi connectivity index (χ1) is 13.6. The van der Waals surface area contributed by atoms with Crippen molar-refractivity contribution in [3.63, 3.8) is 0 Å². The molecular weight excluding hydrogens is 370 g/mol. The lowest BCUT2D eigenvalue weighted by Crippen LogP contribution is -2.50. The molecule has 0 saturated carbocycles. The van der Waals surface area contributed by atoms with Crippen molar-refractivity contribution in [3.8, 4) is 0 Å². The quantitative estimate of drug-likeness (QED) is 0.862. The lowest BCUT2D eigenvalue weighted by molar-refractivity contribution is -0.117. The summed E-state index contributed by atoms with van der Waals surface area (Å²) in [6.07, 6.45) is 3.44. The van der Waals surface area contributed by atoms with Crippen LogP contribution >= 0.6 is 11.3 Å². The van der Waals surface area contributed by atoms with Crippen molar-refractivity contribution in [1.82, 2.24) is 9.80 Å². The van der Waals surface area contributed by atoms with E-state index in [2.05, 4.69) is 23.2 Å². The molecule has 0 radical (unpaired) electrons. The number of piperazine rings is 1. The van der Waals surface area contributed by atoms with Crippen molar-refractivity contribution in [3.05, 3.63) is 51.7 Å². The Kier molecular flexibility index (Phi) is 5.78. The highest BCUT2D eigenvalue weighted by molar-refractivity contribution is 7.14. The van der Waals surface area contributed by atoms with Gasteiger partial charge in [0, 0.05) is 36.7 Å². The molecule has 0 spiro atoms. The number of nitrogens with zero attached hydrogens (tertiary/aromatic N) is 2. The summed E-state index contributed by atoms with van der Waals surface area (Å²) in [5.74, 6) is 0.863. The first-order valence-corrected chi connectivity index (χ1v) is 10.9. The Bertz CT molecular complexity index is 841. The average molecular weight is 398 g/mol. The van der Waals surface area contributed by atoms with E-state index < -0.39 is 0 Å². The molecule has 1 aliphatic heterocycles. The minimum Gasteiger partial charge on any atom is -0.335 e. The van der Waals surface area contributed by atoms with Gasteiger partial charge in [0.2, 0.25) is 5.91 Å². The molecule has 0 bridgehead atoms. The normalized spacial score (nSPS) is 19.9. The zero-order valence-corrected chi connectivity index (χ0v) is 17.1. The Morgan fingerprint density at radius 3 is 2.64 bits per heavy atom. The molecule has 1 aromatic heterocycles. The van der Waals surface area contributed by atoms with Gasteiger partial charge in [-0.3, -0.25) is 14.5 Å². The first-order valence-electron chi connectivity index (χ1n) is 10.1. The van der Waals surface area contributed by atoms with Crippen molar-refractivity contribution in [2.24, 2.45) is 5.92 Å². The summed E-state index contributed by atoms with van der Waals surface area (Å²) in [6, 6.07) is 11.6. The highest BCUT2D eigenvalue weighted by Gasteiger charge is 2.26. The van der Waals surface area contributed by atoms with E-state index in [0.717, 1.165) is 42.4 Å². The van der Waals surface area contributed by atoms with Crippen LogP contribution in [-0.2, 0) is 17.6 Å². The number of carbonyl (C=O) groups excluding carboxylic acids is 2. The van der Waals surface area contributed by atoms with Gasteiger partial charge < -0.3 is 10.2 Å². The second-order valence-corrected chi connectivity index (χ2v) is 9.03. The lowest BCUT2D eigenvalue weighted by Gasteiger charge is -2.34. The average Bonchev–Trinajstić information content (AvgIpc) is 3.12. The Morgan fingerprint density at radius 2 is 1.89 bits per heavy atom. The van der Waals surface area contributed by atoms with Crippen LogP contribution in [0.25, 0.3) is 0 Å². The SMILES string of the molecule is CC1CCc2sc(C(=O)N3CCN(CC(=O)Nc4ccccc4)CC3)cc2C1. The smallest absolute Gasteiger partial charge is 0.264 e. The van der Waals surface area contributed by atoms with Gasteiger partial charge in [-0.15, -0.1) is 11.3 Å². The van der Waals surface area contributed by atoms with Gasteiger partial charge in [-0.25, -0.2) is 0 Å². The van der Waals surface area contributed by atoms with Crippen LogP contribution in [0.1, 0.15) is 33.5 Å². The molecule has 1 atom stereocenters. The summed E-state index contributed by atoms with van der Waals surface area (Å²) >= 11 is 1.68. The maximum Gasteiger partial charge on any atom is 0.264 e. The standard InChI is InChI=1S/C22H27N3O2S/c1-16-7-8-19-17(13-16)14-20(28-19)22(27)25-11-9-24(10-12-25)15-21(26)23-18-5-3-2-4-6-18/h2-6,14,16H,7-13,15H2,1H3,(H,23,26). The van der Waals surface area contributed by atoms with E-state index in [0.29, 0.717) is 19.6 Å². The fraction of sp³-hybridized carbons (Fsp3) is 0.455. The molecule has 1 aliphatic carbocycles.